The molecule has 1 aromatic carbocycles. The third-order valence-corrected chi connectivity index (χ3v) is 3.26. The highest BCUT2D eigenvalue weighted by atomic mass is 32.1. The van der Waals surface area contributed by atoms with Crippen LogP contribution in [0.25, 0.3) is 0 Å². The Morgan fingerprint density at radius 3 is 2.69 bits per heavy atom. The van der Waals surface area contributed by atoms with Crippen LogP contribution in [-0.2, 0) is 6.42 Å². The highest BCUT2D eigenvalue weighted by Crippen LogP contribution is 2.18. The van der Waals surface area contributed by atoms with Crippen LogP contribution in [0.3, 0.4) is 0 Å². The van der Waals surface area contributed by atoms with Crippen LogP contribution in [0.2, 0.25) is 0 Å². The summed E-state index contributed by atoms with van der Waals surface area (Å²) < 4.78 is 0. The molecule has 2 nitrogen and oxygen atoms in total. The van der Waals surface area contributed by atoms with E-state index in [4.69, 9.17) is 12.2 Å². The molecule has 1 aromatic rings. The van der Waals surface area contributed by atoms with Crippen molar-refractivity contribution >= 4 is 17.3 Å². The second-order valence-electron chi connectivity index (χ2n) is 4.38. The van der Waals surface area contributed by atoms with Crippen LogP contribution in [0.1, 0.15) is 18.4 Å². The summed E-state index contributed by atoms with van der Waals surface area (Å²) in [5, 5.41) is 4.23. The molecule has 0 spiro atoms. The van der Waals surface area contributed by atoms with Crippen molar-refractivity contribution in [2.75, 3.05) is 13.6 Å². The number of likely N-dealkylation sites (N-methyl/N-ethyl adjacent to an activating group) is 1. The highest BCUT2D eigenvalue weighted by Gasteiger charge is 2.22. The molecule has 1 saturated carbocycles. The SMILES string of the molecule is CN(CCc1ccccc1)C(=S)NC1CC1. The van der Waals surface area contributed by atoms with E-state index in [0.29, 0.717) is 6.04 Å². The summed E-state index contributed by atoms with van der Waals surface area (Å²) in [7, 11) is 2.06. The lowest BCUT2D eigenvalue weighted by molar-refractivity contribution is 0.496. The van der Waals surface area contributed by atoms with Crippen molar-refractivity contribution in [3.05, 3.63) is 35.9 Å². The molecular weight excluding hydrogens is 216 g/mol. The average molecular weight is 234 g/mol. The fourth-order valence-electron chi connectivity index (χ4n) is 1.56. The number of nitrogens with zero attached hydrogens (tertiary/aromatic N) is 1. The summed E-state index contributed by atoms with van der Waals surface area (Å²) in [4.78, 5) is 2.13. The van der Waals surface area contributed by atoms with Gasteiger partial charge in [-0.15, -0.1) is 0 Å². The fraction of sp³-hybridized carbons (Fsp3) is 0.462. The van der Waals surface area contributed by atoms with Crippen LogP contribution < -0.4 is 5.32 Å². The molecule has 1 aliphatic rings. The van der Waals surface area contributed by atoms with E-state index in [1.54, 1.807) is 0 Å². The van der Waals surface area contributed by atoms with Crippen LogP contribution in [0, 0.1) is 0 Å². The zero-order valence-electron chi connectivity index (χ0n) is 9.65. The van der Waals surface area contributed by atoms with Crippen LogP contribution in [-0.4, -0.2) is 29.6 Å². The summed E-state index contributed by atoms with van der Waals surface area (Å²) in [5.74, 6) is 0. The van der Waals surface area contributed by atoms with E-state index in [1.807, 2.05) is 6.07 Å². The number of nitrogens with one attached hydrogen (secondary N) is 1. The molecule has 0 heterocycles. The largest absolute Gasteiger partial charge is 0.360 e. The lowest BCUT2D eigenvalue weighted by atomic mass is 10.1. The Kier molecular flexibility index (Phi) is 3.78. The Labute approximate surface area is 103 Å². The molecule has 0 saturated heterocycles. The normalized spacial score (nSPS) is 14.6. The highest BCUT2D eigenvalue weighted by molar-refractivity contribution is 7.80. The summed E-state index contributed by atoms with van der Waals surface area (Å²) in [6.45, 7) is 0.975. The molecule has 0 unspecified atom stereocenters. The van der Waals surface area contributed by atoms with Gasteiger partial charge in [0, 0.05) is 19.6 Å². The molecule has 1 N–H and O–H groups in total. The Morgan fingerprint density at radius 1 is 1.38 bits per heavy atom. The number of hydrogen-bond donors (Lipinski definition) is 1. The van der Waals surface area contributed by atoms with E-state index < -0.39 is 0 Å². The molecule has 2 rings (SSSR count). The topological polar surface area (TPSA) is 15.3 Å². The molecule has 0 amide bonds. The van der Waals surface area contributed by atoms with Gasteiger partial charge in [-0.1, -0.05) is 30.3 Å². The van der Waals surface area contributed by atoms with Gasteiger partial charge < -0.3 is 10.2 Å². The van der Waals surface area contributed by atoms with Crippen molar-refractivity contribution in [3.8, 4) is 0 Å². The first-order valence-electron chi connectivity index (χ1n) is 5.81. The van der Waals surface area contributed by atoms with Crippen molar-refractivity contribution in [3.63, 3.8) is 0 Å². The molecule has 16 heavy (non-hydrogen) atoms. The van der Waals surface area contributed by atoms with Gasteiger partial charge in [-0.25, -0.2) is 0 Å². The van der Waals surface area contributed by atoms with Gasteiger partial charge in [0.05, 0.1) is 0 Å². The molecule has 0 atom stereocenters. The lowest BCUT2D eigenvalue weighted by Gasteiger charge is -2.20. The minimum absolute atomic E-state index is 0.645. The fourth-order valence-corrected chi connectivity index (χ4v) is 1.81. The molecular formula is C13H18N2S. The van der Waals surface area contributed by atoms with Crippen molar-refractivity contribution in [1.82, 2.24) is 10.2 Å². The maximum absolute atomic E-state index is 5.32. The van der Waals surface area contributed by atoms with Gasteiger partial charge in [-0.3, -0.25) is 0 Å². The second kappa shape index (κ2) is 5.30. The predicted octanol–water partition coefficient (Wildman–Crippen LogP) is 2.20. The van der Waals surface area contributed by atoms with Gasteiger partial charge in [0.15, 0.2) is 5.11 Å². The van der Waals surface area contributed by atoms with Crippen LogP contribution in [0.15, 0.2) is 30.3 Å². The number of hydrogen-bond acceptors (Lipinski definition) is 1. The van der Waals surface area contributed by atoms with E-state index >= 15 is 0 Å². The van der Waals surface area contributed by atoms with Gasteiger partial charge in [-0.05, 0) is 37.0 Å². The molecule has 0 radical (unpaired) electrons. The van der Waals surface area contributed by atoms with Crippen molar-refractivity contribution < 1.29 is 0 Å². The first kappa shape index (κ1) is 11.4. The molecule has 3 heteroatoms. The van der Waals surface area contributed by atoms with E-state index in [1.165, 1.54) is 18.4 Å². The minimum Gasteiger partial charge on any atom is -0.360 e. The van der Waals surface area contributed by atoms with E-state index in [-0.39, 0.29) is 0 Å². The zero-order valence-corrected chi connectivity index (χ0v) is 10.5. The van der Waals surface area contributed by atoms with E-state index in [2.05, 4.69) is 41.5 Å². The van der Waals surface area contributed by atoms with Crippen molar-refractivity contribution in [1.29, 1.82) is 0 Å². The predicted molar refractivity (Wildman–Crippen MR) is 71.5 cm³/mol. The zero-order chi connectivity index (χ0) is 11.4. The third kappa shape index (κ3) is 3.49. The van der Waals surface area contributed by atoms with Gasteiger partial charge in [0.25, 0.3) is 0 Å². The van der Waals surface area contributed by atoms with Gasteiger partial charge in [-0.2, -0.15) is 0 Å². The molecule has 86 valence electrons. The number of rotatable bonds is 4. The second-order valence-corrected chi connectivity index (χ2v) is 4.77. The summed E-state index contributed by atoms with van der Waals surface area (Å²) in [5.41, 5.74) is 1.36. The van der Waals surface area contributed by atoms with Crippen molar-refractivity contribution in [2.45, 2.75) is 25.3 Å². The van der Waals surface area contributed by atoms with Crippen LogP contribution in [0.5, 0.6) is 0 Å². The Balaban J connectivity index is 1.74. The van der Waals surface area contributed by atoms with E-state index in [0.717, 1.165) is 18.1 Å². The standard InChI is InChI=1S/C13H18N2S/c1-15(13(16)14-12-7-8-12)10-9-11-5-3-2-4-6-11/h2-6,12H,7-10H2,1H3,(H,14,16). The quantitative estimate of drug-likeness (QED) is 0.804. The van der Waals surface area contributed by atoms with Crippen LogP contribution in [0.4, 0.5) is 0 Å². The Bertz CT molecular complexity index is 346. The maximum atomic E-state index is 5.32. The van der Waals surface area contributed by atoms with Gasteiger partial charge in [0.2, 0.25) is 0 Å². The maximum Gasteiger partial charge on any atom is 0.168 e. The first-order chi connectivity index (χ1) is 7.75. The molecule has 1 fully saturated rings. The number of thiocarbonyl (C=S) groups is 1. The Hall–Kier alpha value is -1.09. The lowest BCUT2D eigenvalue weighted by Crippen LogP contribution is -2.39. The third-order valence-electron chi connectivity index (χ3n) is 2.83. The monoisotopic (exact) mass is 234 g/mol. The summed E-state index contributed by atoms with van der Waals surface area (Å²) in [6, 6.07) is 11.2. The Morgan fingerprint density at radius 2 is 2.06 bits per heavy atom. The van der Waals surface area contributed by atoms with Gasteiger partial charge in [0.1, 0.15) is 0 Å². The average Bonchev–Trinajstić information content (AvgIpc) is 3.11. The molecule has 1 aliphatic carbocycles. The minimum atomic E-state index is 0.645. The molecule has 0 aromatic heterocycles. The first-order valence-corrected chi connectivity index (χ1v) is 6.22. The smallest absolute Gasteiger partial charge is 0.168 e. The molecule has 0 aliphatic heterocycles. The van der Waals surface area contributed by atoms with E-state index in [9.17, 15) is 0 Å². The van der Waals surface area contributed by atoms with Gasteiger partial charge >= 0.3 is 0 Å². The molecule has 0 bridgehead atoms. The summed E-state index contributed by atoms with van der Waals surface area (Å²) in [6.07, 6.45) is 3.59. The summed E-state index contributed by atoms with van der Waals surface area (Å²) >= 11 is 5.32. The number of benzene rings is 1. The van der Waals surface area contributed by atoms with Crippen LogP contribution >= 0.6 is 12.2 Å². The van der Waals surface area contributed by atoms with Crippen molar-refractivity contribution in [2.24, 2.45) is 0 Å².